The van der Waals surface area contributed by atoms with E-state index in [1.165, 1.54) is 6.07 Å². The van der Waals surface area contributed by atoms with Crippen LogP contribution >= 0.6 is 0 Å². The van der Waals surface area contributed by atoms with Crippen LogP contribution in [0.2, 0.25) is 0 Å². The van der Waals surface area contributed by atoms with Crippen LogP contribution in [0.5, 0.6) is 5.75 Å². The zero-order valence-electron chi connectivity index (χ0n) is 15.1. The summed E-state index contributed by atoms with van der Waals surface area (Å²) in [5.74, 6) is 0.519. The van der Waals surface area contributed by atoms with Crippen LogP contribution in [-0.4, -0.2) is 21.2 Å². The van der Waals surface area contributed by atoms with Gasteiger partial charge in [0.2, 0.25) is 11.8 Å². The minimum absolute atomic E-state index is 0.0157. The van der Waals surface area contributed by atoms with Crippen molar-refractivity contribution in [2.24, 2.45) is 0 Å². The smallest absolute Gasteiger partial charge is 0.255 e. The molecule has 4 aromatic rings. The Morgan fingerprint density at radius 1 is 0.893 bits per heavy atom. The van der Waals surface area contributed by atoms with E-state index in [9.17, 15) is 9.90 Å². The Hall–Kier alpha value is -3.93. The average molecular weight is 371 g/mol. The Labute approximate surface area is 161 Å². The van der Waals surface area contributed by atoms with Gasteiger partial charge in [0, 0.05) is 16.7 Å². The van der Waals surface area contributed by atoms with Gasteiger partial charge in [0.05, 0.1) is 5.69 Å². The second-order valence-corrected chi connectivity index (χ2v) is 6.33. The van der Waals surface area contributed by atoms with Gasteiger partial charge in [-0.2, -0.15) is 0 Å². The molecule has 138 valence electrons. The number of hydrogen-bond donors (Lipinski definition) is 2. The Balaban J connectivity index is 1.52. The molecule has 6 heteroatoms. The first-order valence-electron chi connectivity index (χ1n) is 8.70. The molecule has 1 heterocycles. The Morgan fingerprint density at radius 2 is 1.61 bits per heavy atom. The maximum atomic E-state index is 12.4. The molecule has 0 unspecified atom stereocenters. The number of carbonyl (C=O) groups excluding carboxylic acids is 1. The SMILES string of the molecule is Cc1cccc(-c2nnc(-c3ccc(C(=O)Nc4ccccc4O)cc3)o2)c1. The first-order chi connectivity index (χ1) is 13.6. The van der Waals surface area contributed by atoms with Crippen LogP contribution < -0.4 is 5.32 Å². The Morgan fingerprint density at radius 3 is 2.32 bits per heavy atom. The standard InChI is InChI=1S/C22H17N3O3/c1-14-5-4-6-17(13-14)22-25-24-21(28-22)16-11-9-15(10-12-16)20(27)23-18-7-2-3-8-19(18)26/h2-13,26H,1H3,(H,23,27). The number of para-hydroxylation sites is 2. The number of phenols is 1. The van der Waals surface area contributed by atoms with E-state index in [2.05, 4.69) is 15.5 Å². The fraction of sp³-hybridized carbons (Fsp3) is 0.0455. The third-order valence-electron chi connectivity index (χ3n) is 4.24. The number of amides is 1. The molecule has 0 aliphatic carbocycles. The number of rotatable bonds is 4. The minimum atomic E-state index is -0.320. The van der Waals surface area contributed by atoms with Crippen molar-refractivity contribution in [3.63, 3.8) is 0 Å². The number of nitrogens with zero attached hydrogens (tertiary/aromatic N) is 2. The van der Waals surface area contributed by atoms with Crippen molar-refractivity contribution >= 4 is 11.6 Å². The molecule has 0 atom stereocenters. The number of aryl methyl sites for hydroxylation is 1. The maximum absolute atomic E-state index is 12.4. The summed E-state index contributed by atoms with van der Waals surface area (Å²) in [5, 5.41) is 20.6. The van der Waals surface area contributed by atoms with Crippen molar-refractivity contribution in [3.8, 4) is 28.7 Å². The van der Waals surface area contributed by atoms with Crippen LogP contribution in [0.25, 0.3) is 22.9 Å². The van der Waals surface area contributed by atoms with Gasteiger partial charge in [-0.15, -0.1) is 10.2 Å². The van der Waals surface area contributed by atoms with Crippen LogP contribution in [0, 0.1) is 6.92 Å². The van der Waals surface area contributed by atoms with Gasteiger partial charge in [-0.1, -0.05) is 29.8 Å². The van der Waals surface area contributed by atoms with Crippen LogP contribution in [0.3, 0.4) is 0 Å². The highest BCUT2D eigenvalue weighted by molar-refractivity contribution is 6.05. The van der Waals surface area contributed by atoms with Gasteiger partial charge >= 0.3 is 0 Å². The van der Waals surface area contributed by atoms with Gasteiger partial charge in [0.15, 0.2) is 0 Å². The van der Waals surface area contributed by atoms with E-state index in [1.807, 2.05) is 31.2 Å². The molecule has 6 nitrogen and oxygen atoms in total. The molecule has 0 saturated carbocycles. The van der Waals surface area contributed by atoms with Crippen LogP contribution in [0.4, 0.5) is 5.69 Å². The van der Waals surface area contributed by atoms with E-state index < -0.39 is 0 Å². The van der Waals surface area contributed by atoms with E-state index in [-0.39, 0.29) is 11.7 Å². The van der Waals surface area contributed by atoms with Crippen molar-refractivity contribution in [1.29, 1.82) is 0 Å². The summed E-state index contributed by atoms with van der Waals surface area (Å²) in [6.45, 7) is 2.00. The van der Waals surface area contributed by atoms with Crippen molar-refractivity contribution in [3.05, 3.63) is 83.9 Å². The zero-order chi connectivity index (χ0) is 19.5. The Bertz CT molecular complexity index is 1130. The highest BCUT2D eigenvalue weighted by Crippen LogP contribution is 2.25. The quantitative estimate of drug-likeness (QED) is 0.509. The lowest BCUT2D eigenvalue weighted by atomic mass is 10.1. The fourth-order valence-electron chi connectivity index (χ4n) is 2.77. The molecule has 4 rings (SSSR count). The fourth-order valence-corrected chi connectivity index (χ4v) is 2.77. The van der Waals surface area contributed by atoms with Crippen molar-refractivity contribution in [2.45, 2.75) is 6.92 Å². The number of nitrogens with one attached hydrogen (secondary N) is 1. The number of phenolic OH excluding ortho intramolecular Hbond substituents is 1. The van der Waals surface area contributed by atoms with Crippen molar-refractivity contribution < 1.29 is 14.3 Å². The van der Waals surface area contributed by atoms with E-state index >= 15 is 0 Å². The molecule has 0 aliphatic heterocycles. The summed E-state index contributed by atoms with van der Waals surface area (Å²) < 4.78 is 5.77. The monoisotopic (exact) mass is 371 g/mol. The predicted molar refractivity (Wildman–Crippen MR) is 106 cm³/mol. The van der Waals surface area contributed by atoms with E-state index in [0.29, 0.717) is 28.6 Å². The molecule has 1 aromatic heterocycles. The molecule has 0 radical (unpaired) electrons. The second-order valence-electron chi connectivity index (χ2n) is 6.33. The molecule has 2 N–H and O–H groups in total. The molecule has 3 aromatic carbocycles. The number of anilines is 1. The molecule has 28 heavy (non-hydrogen) atoms. The summed E-state index contributed by atoms with van der Waals surface area (Å²) in [4.78, 5) is 12.4. The highest BCUT2D eigenvalue weighted by atomic mass is 16.4. The van der Waals surface area contributed by atoms with Crippen LogP contribution in [0.1, 0.15) is 15.9 Å². The normalized spacial score (nSPS) is 10.6. The molecule has 1 amide bonds. The van der Waals surface area contributed by atoms with E-state index in [4.69, 9.17) is 4.42 Å². The van der Waals surface area contributed by atoms with Gasteiger partial charge in [0.25, 0.3) is 5.91 Å². The van der Waals surface area contributed by atoms with E-state index in [0.717, 1.165) is 11.1 Å². The largest absolute Gasteiger partial charge is 0.506 e. The number of aromatic hydroxyl groups is 1. The second kappa shape index (κ2) is 7.36. The number of hydrogen-bond acceptors (Lipinski definition) is 5. The average Bonchev–Trinajstić information content (AvgIpc) is 3.20. The molecular formula is C22H17N3O3. The predicted octanol–water partition coefficient (Wildman–Crippen LogP) is 4.67. The van der Waals surface area contributed by atoms with Crippen LogP contribution in [0.15, 0.2) is 77.2 Å². The van der Waals surface area contributed by atoms with Gasteiger partial charge in [-0.25, -0.2) is 0 Å². The van der Waals surface area contributed by atoms with Crippen molar-refractivity contribution in [2.75, 3.05) is 5.32 Å². The summed E-state index contributed by atoms with van der Waals surface area (Å²) in [7, 11) is 0. The van der Waals surface area contributed by atoms with Gasteiger partial charge in [-0.05, 0) is 55.5 Å². The molecular weight excluding hydrogens is 354 g/mol. The first-order valence-corrected chi connectivity index (χ1v) is 8.70. The molecule has 0 aliphatic rings. The number of benzene rings is 3. The highest BCUT2D eigenvalue weighted by Gasteiger charge is 2.13. The molecule has 0 saturated heterocycles. The Kier molecular flexibility index (Phi) is 4.60. The minimum Gasteiger partial charge on any atom is -0.506 e. The topological polar surface area (TPSA) is 88.2 Å². The molecule has 0 fully saturated rings. The van der Waals surface area contributed by atoms with E-state index in [1.54, 1.807) is 42.5 Å². The van der Waals surface area contributed by atoms with Crippen molar-refractivity contribution in [1.82, 2.24) is 10.2 Å². The lowest BCUT2D eigenvalue weighted by Gasteiger charge is -2.07. The lowest BCUT2D eigenvalue weighted by molar-refractivity contribution is 0.102. The first kappa shape index (κ1) is 17.5. The van der Waals surface area contributed by atoms with Crippen LogP contribution in [-0.2, 0) is 0 Å². The third-order valence-corrected chi connectivity index (χ3v) is 4.24. The number of carbonyl (C=O) groups is 1. The van der Waals surface area contributed by atoms with Gasteiger partial charge in [-0.3, -0.25) is 4.79 Å². The maximum Gasteiger partial charge on any atom is 0.255 e. The summed E-state index contributed by atoms with van der Waals surface area (Å²) in [6, 6.07) is 21.2. The third kappa shape index (κ3) is 3.61. The summed E-state index contributed by atoms with van der Waals surface area (Å²) >= 11 is 0. The molecule has 0 bridgehead atoms. The number of aromatic nitrogens is 2. The summed E-state index contributed by atoms with van der Waals surface area (Å²) in [5.41, 5.74) is 3.49. The molecule has 0 spiro atoms. The lowest BCUT2D eigenvalue weighted by Crippen LogP contribution is -2.11. The van der Waals surface area contributed by atoms with Gasteiger partial charge in [0.1, 0.15) is 5.75 Å². The zero-order valence-corrected chi connectivity index (χ0v) is 15.1. The summed E-state index contributed by atoms with van der Waals surface area (Å²) in [6.07, 6.45) is 0. The van der Waals surface area contributed by atoms with Gasteiger partial charge < -0.3 is 14.8 Å².